The van der Waals surface area contributed by atoms with Gasteiger partial charge in [0.2, 0.25) is 0 Å². The molecule has 2 nitrogen and oxygen atoms in total. The quantitative estimate of drug-likeness (QED) is 0.715. The fourth-order valence-electron chi connectivity index (χ4n) is 1.83. The van der Waals surface area contributed by atoms with Crippen molar-refractivity contribution in [2.45, 2.75) is 19.9 Å². The minimum atomic E-state index is 0.303. The number of aromatic nitrogens is 1. The number of carbonyl (C=O) groups is 1. The van der Waals surface area contributed by atoms with E-state index in [1.807, 2.05) is 35.0 Å². The van der Waals surface area contributed by atoms with Crippen molar-refractivity contribution in [1.82, 2.24) is 4.57 Å². The highest BCUT2D eigenvalue weighted by Crippen LogP contribution is 2.23. The van der Waals surface area contributed by atoms with Crippen molar-refractivity contribution >= 4 is 6.29 Å². The Kier molecular flexibility index (Phi) is 2.91. The van der Waals surface area contributed by atoms with E-state index < -0.39 is 0 Å². The Balaban J connectivity index is 2.48. The van der Waals surface area contributed by atoms with E-state index in [0.29, 0.717) is 6.04 Å². The minimum absolute atomic E-state index is 0.303. The lowest BCUT2D eigenvalue weighted by Crippen LogP contribution is -2.02. The van der Waals surface area contributed by atoms with Gasteiger partial charge in [-0.15, -0.1) is 0 Å². The molecular weight excluding hydrogens is 198 g/mol. The molecule has 0 radical (unpaired) electrons. The minimum Gasteiger partial charge on any atom is -0.342 e. The van der Waals surface area contributed by atoms with Gasteiger partial charge in [0.15, 0.2) is 6.29 Å². The Morgan fingerprint density at radius 1 is 1.12 bits per heavy atom. The molecule has 1 aromatic heterocycles. The van der Waals surface area contributed by atoms with Gasteiger partial charge in [0.05, 0.1) is 5.69 Å². The lowest BCUT2D eigenvalue weighted by molar-refractivity contribution is 0.111. The second-order valence-corrected chi connectivity index (χ2v) is 4.14. The van der Waals surface area contributed by atoms with Crippen LogP contribution in [0.3, 0.4) is 0 Å². The number of rotatable bonds is 3. The van der Waals surface area contributed by atoms with Crippen LogP contribution in [0, 0.1) is 0 Å². The SMILES string of the molecule is CC(C)n1cc(-c2ccccc2)cc1C=O. The monoisotopic (exact) mass is 213 g/mol. The zero-order chi connectivity index (χ0) is 11.5. The van der Waals surface area contributed by atoms with Crippen LogP contribution in [-0.2, 0) is 0 Å². The molecule has 0 unspecified atom stereocenters. The fourth-order valence-corrected chi connectivity index (χ4v) is 1.83. The van der Waals surface area contributed by atoms with Gasteiger partial charge in [0.1, 0.15) is 0 Å². The molecule has 2 heteroatoms. The maximum Gasteiger partial charge on any atom is 0.166 e. The van der Waals surface area contributed by atoms with Gasteiger partial charge < -0.3 is 4.57 Å². The Morgan fingerprint density at radius 2 is 1.81 bits per heavy atom. The van der Waals surface area contributed by atoms with Crippen LogP contribution in [0.5, 0.6) is 0 Å². The maximum absolute atomic E-state index is 11.0. The summed E-state index contributed by atoms with van der Waals surface area (Å²) in [6, 6.07) is 12.3. The largest absolute Gasteiger partial charge is 0.342 e. The van der Waals surface area contributed by atoms with Crippen molar-refractivity contribution in [2.75, 3.05) is 0 Å². The zero-order valence-corrected chi connectivity index (χ0v) is 9.55. The van der Waals surface area contributed by atoms with E-state index in [1.54, 1.807) is 0 Å². The van der Waals surface area contributed by atoms with E-state index >= 15 is 0 Å². The third-order valence-corrected chi connectivity index (χ3v) is 2.66. The standard InChI is InChI=1S/C14H15NO/c1-11(2)15-9-13(8-14(15)10-16)12-6-4-3-5-7-12/h3-11H,1-2H3. The molecule has 0 bridgehead atoms. The topological polar surface area (TPSA) is 22.0 Å². The van der Waals surface area contributed by atoms with E-state index in [9.17, 15) is 4.79 Å². The summed E-state index contributed by atoms with van der Waals surface area (Å²) in [5.41, 5.74) is 2.97. The molecule has 0 amide bonds. The Hall–Kier alpha value is -1.83. The van der Waals surface area contributed by atoms with Crippen molar-refractivity contribution in [3.63, 3.8) is 0 Å². The molecular formula is C14H15NO. The van der Waals surface area contributed by atoms with Crippen LogP contribution in [0.1, 0.15) is 30.4 Å². The Morgan fingerprint density at radius 3 is 2.31 bits per heavy atom. The van der Waals surface area contributed by atoms with Crippen molar-refractivity contribution in [3.8, 4) is 11.1 Å². The summed E-state index contributed by atoms with van der Waals surface area (Å²) in [7, 11) is 0. The number of carbonyl (C=O) groups excluding carboxylic acids is 1. The summed E-state index contributed by atoms with van der Waals surface area (Å²) in [6.07, 6.45) is 2.94. The molecule has 0 fully saturated rings. The average molecular weight is 213 g/mol. The predicted octanol–water partition coefficient (Wildman–Crippen LogP) is 3.55. The molecule has 2 aromatic rings. The van der Waals surface area contributed by atoms with Crippen LogP contribution in [0.4, 0.5) is 0 Å². The average Bonchev–Trinajstić information content (AvgIpc) is 2.74. The van der Waals surface area contributed by atoms with Crippen LogP contribution in [-0.4, -0.2) is 10.9 Å². The highest BCUT2D eigenvalue weighted by molar-refractivity contribution is 5.77. The molecule has 0 aliphatic rings. The van der Waals surface area contributed by atoms with Crippen molar-refractivity contribution < 1.29 is 4.79 Å². The normalized spacial score (nSPS) is 10.7. The first-order valence-corrected chi connectivity index (χ1v) is 5.45. The summed E-state index contributed by atoms with van der Waals surface area (Å²) in [6.45, 7) is 4.14. The Bertz CT molecular complexity index is 483. The second kappa shape index (κ2) is 4.35. The molecule has 0 saturated carbocycles. The summed E-state index contributed by atoms with van der Waals surface area (Å²) >= 11 is 0. The van der Waals surface area contributed by atoms with Crippen molar-refractivity contribution in [3.05, 3.63) is 48.3 Å². The number of benzene rings is 1. The highest BCUT2D eigenvalue weighted by atomic mass is 16.1. The molecule has 82 valence electrons. The highest BCUT2D eigenvalue weighted by Gasteiger charge is 2.08. The maximum atomic E-state index is 11.0. The van der Waals surface area contributed by atoms with Crippen LogP contribution < -0.4 is 0 Å². The van der Waals surface area contributed by atoms with Crippen molar-refractivity contribution in [1.29, 1.82) is 0 Å². The summed E-state index contributed by atoms with van der Waals surface area (Å²) in [4.78, 5) is 11.0. The molecule has 1 heterocycles. The van der Waals surface area contributed by atoms with E-state index in [1.165, 1.54) is 0 Å². The van der Waals surface area contributed by atoms with Crippen LogP contribution in [0.2, 0.25) is 0 Å². The van der Waals surface area contributed by atoms with Crippen molar-refractivity contribution in [2.24, 2.45) is 0 Å². The molecule has 0 aliphatic heterocycles. The molecule has 0 saturated heterocycles. The molecule has 0 spiro atoms. The molecule has 0 N–H and O–H groups in total. The smallest absolute Gasteiger partial charge is 0.166 e. The molecule has 0 aliphatic carbocycles. The first kappa shape index (κ1) is 10.7. The number of nitrogens with zero attached hydrogens (tertiary/aromatic N) is 1. The molecule has 1 aromatic carbocycles. The van der Waals surface area contributed by atoms with E-state index in [2.05, 4.69) is 26.0 Å². The lowest BCUT2D eigenvalue weighted by atomic mass is 10.1. The van der Waals surface area contributed by atoms with Gasteiger partial charge in [-0.05, 0) is 25.5 Å². The van der Waals surface area contributed by atoms with Gasteiger partial charge in [0, 0.05) is 17.8 Å². The third-order valence-electron chi connectivity index (χ3n) is 2.66. The van der Waals surface area contributed by atoms with Gasteiger partial charge in [-0.1, -0.05) is 30.3 Å². The zero-order valence-electron chi connectivity index (χ0n) is 9.55. The van der Waals surface area contributed by atoms with Gasteiger partial charge in [-0.25, -0.2) is 0 Å². The second-order valence-electron chi connectivity index (χ2n) is 4.14. The number of aldehydes is 1. The molecule has 16 heavy (non-hydrogen) atoms. The van der Waals surface area contributed by atoms with Crippen LogP contribution in [0.15, 0.2) is 42.6 Å². The van der Waals surface area contributed by atoms with E-state index in [4.69, 9.17) is 0 Å². The lowest BCUT2D eigenvalue weighted by Gasteiger charge is -2.08. The molecule has 2 rings (SSSR count). The van der Waals surface area contributed by atoms with E-state index in [-0.39, 0.29) is 0 Å². The summed E-state index contributed by atoms with van der Waals surface area (Å²) in [5.74, 6) is 0. The Labute approximate surface area is 95.5 Å². The number of hydrogen-bond acceptors (Lipinski definition) is 1. The first-order valence-electron chi connectivity index (χ1n) is 5.45. The summed E-state index contributed by atoms with van der Waals surface area (Å²) in [5, 5.41) is 0. The summed E-state index contributed by atoms with van der Waals surface area (Å²) < 4.78 is 2.00. The van der Waals surface area contributed by atoms with Gasteiger partial charge in [-0.2, -0.15) is 0 Å². The molecule has 0 atom stereocenters. The van der Waals surface area contributed by atoms with Gasteiger partial charge in [0.25, 0.3) is 0 Å². The van der Waals surface area contributed by atoms with E-state index in [0.717, 1.165) is 23.1 Å². The van der Waals surface area contributed by atoms with Gasteiger partial charge >= 0.3 is 0 Å². The number of hydrogen-bond donors (Lipinski definition) is 0. The van der Waals surface area contributed by atoms with Crippen LogP contribution in [0.25, 0.3) is 11.1 Å². The predicted molar refractivity (Wildman–Crippen MR) is 65.6 cm³/mol. The first-order chi connectivity index (χ1) is 7.72. The van der Waals surface area contributed by atoms with Gasteiger partial charge in [-0.3, -0.25) is 4.79 Å². The van der Waals surface area contributed by atoms with Crippen LogP contribution >= 0.6 is 0 Å². The third kappa shape index (κ3) is 1.91. The fraction of sp³-hybridized carbons (Fsp3) is 0.214.